The van der Waals surface area contributed by atoms with Crippen LogP contribution >= 0.6 is 39.1 Å². The summed E-state index contributed by atoms with van der Waals surface area (Å²) in [6, 6.07) is 18.1. The van der Waals surface area contributed by atoms with Gasteiger partial charge in [0.1, 0.15) is 11.8 Å². The second-order valence-electron chi connectivity index (χ2n) is 10.1. The summed E-state index contributed by atoms with van der Waals surface area (Å²) in [5.74, 6) is 0.0802. The van der Waals surface area contributed by atoms with Crippen molar-refractivity contribution in [2.45, 2.75) is 64.6 Å². The number of nitrogens with zero attached hydrogens (tertiary/aromatic N) is 1. The molecule has 206 valence electrons. The number of benzene rings is 3. The van der Waals surface area contributed by atoms with Crippen LogP contribution in [0, 0.1) is 13.8 Å². The van der Waals surface area contributed by atoms with E-state index in [9.17, 15) is 9.59 Å². The van der Waals surface area contributed by atoms with Crippen LogP contribution < -0.4 is 10.1 Å². The van der Waals surface area contributed by atoms with Crippen LogP contribution in [0.3, 0.4) is 0 Å². The van der Waals surface area contributed by atoms with Crippen LogP contribution in [-0.4, -0.2) is 35.4 Å². The topological polar surface area (TPSA) is 58.6 Å². The molecule has 3 aromatic rings. The quantitative estimate of drug-likeness (QED) is 0.253. The molecule has 0 aliphatic heterocycles. The minimum Gasteiger partial charge on any atom is -0.484 e. The summed E-state index contributed by atoms with van der Waals surface area (Å²) >= 11 is 16.6. The number of carbonyl (C=O) groups excluding carboxylic acids is 2. The number of hydrogen-bond donors (Lipinski definition) is 1. The summed E-state index contributed by atoms with van der Waals surface area (Å²) < 4.78 is 6.97. The summed E-state index contributed by atoms with van der Waals surface area (Å²) in [6.45, 7) is 3.79. The molecule has 0 radical (unpaired) electrons. The van der Waals surface area contributed by atoms with E-state index in [0.29, 0.717) is 27.8 Å². The minimum absolute atomic E-state index is 0.0781. The average molecular weight is 632 g/mol. The second-order valence-corrected chi connectivity index (χ2v) is 11.7. The number of ether oxygens (including phenoxy) is 1. The zero-order chi connectivity index (χ0) is 27.9. The molecule has 0 spiro atoms. The number of hydrogen-bond acceptors (Lipinski definition) is 3. The molecule has 0 heterocycles. The maximum absolute atomic E-state index is 13.9. The van der Waals surface area contributed by atoms with Crippen LogP contribution in [0.25, 0.3) is 0 Å². The molecule has 4 rings (SSSR count). The maximum atomic E-state index is 13.9. The van der Waals surface area contributed by atoms with Gasteiger partial charge in [0.15, 0.2) is 6.61 Å². The highest BCUT2D eigenvalue weighted by molar-refractivity contribution is 9.10. The molecule has 1 aliphatic rings. The van der Waals surface area contributed by atoms with Crippen molar-refractivity contribution in [3.05, 3.63) is 97.4 Å². The lowest BCUT2D eigenvalue weighted by Gasteiger charge is -2.32. The molecule has 0 saturated heterocycles. The first kappa shape index (κ1) is 29.4. The number of nitrogens with one attached hydrogen (secondary N) is 1. The van der Waals surface area contributed by atoms with Crippen LogP contribution in [0.5, 0.6) is 5.75 Å². The molecule has 3 aromatic carbocycles. The smallest absolute Gasteiger partial charge is 0.261 e. The van der Waals surface area contributed by atoms with Gasteiger partial charge in [-0.2, -0.15) is 0 Å². The third kappa shape index (κ3) is 7.77. The Hall–Kier alpha value is -2.54. The molecule has 5 nitrogen and oxygen atoms in total. The first-order valence-corrected chi connectivity index (χ1v) is 14.7. The van der Waals surface area contributed by atoms with Gasteiger partial charge < -0.3 is 15.0 Å². The number of amides is 2. The minimum atomic E-state index is -0.773. The number of rotatable bonds is 10. The molecule has 1 N–H and O–H groups in total. The average Bonchev–Trinajstić information content (AvgIpc) is 3.43. The van der Waals surface area contributed by atoms with Crippen LogP contribution in [0.1, 0.15) is 47.9 Å². The van der Waals surface area contributed by atoms with Gasteiger partial charge >= 0.3 is 0 Å². The Kier molecular flexibility index (Phi) is 10.3. The molecule has 0 bridgehead atoms. The zero-order valence-electron chi connectivity index (χ0n) is 22.2. The number of aryl methyl sites for hydroxylation is 2. The van der Waals surface area contributed by atoms with Crippen LogP contribution in [0.15, 0.2) is 65.1 Å². The fourth-order valence-electron chi connectivity index (χ4n) is 4.99. The third-order valence-corrected chi connectivity index (χ3v) is 9.09. The van der Waals surface area contributed by atoms with E-state index in [2.05, 4.69) is 21.2 Å². The molecule has 1 fully saturated rings. The molecule has 1 atom stereocenters. The lowest BCUT2D eigenvalue weighted by molar-refractivity contribution is -0.143. The highest BCUT2D eigenvalue weighted by atomic mass is 79.9. The van der Waals surface area contributed by atoms with Crippen molar-refractivity contribution in [2.24, 2.45) is 0 Å². The Balaban J connectivity index is 1.66. The van der Waals surface area contributed by atoms with Gasteiger partial charge in [0, 0.05) is 39.1 Å². The van der Waals surface area contributed by atoms with E-state index in [1.807, 2.05) is 56.3 Å². The Morgan fingerprint density at radius 3 is 2.23 bits per heavy atom. The Labute approximate surface area is 249 Å². The summed E-state index contributed by atoms with van der Waals surface area (Å²) in [7, 11) is 0. The zero-order valence-corrected chi connectivity index (χ0v) is 25.3. The van der Waals surface area contributed by atoms with Crippen molar-refractivity contribution in [1.29, 1.82) is 0 Å². The summed E-state index contributed by atoms with van der Waals surface area (Å²) in [5.41, 5.74) is 3.56. The lowest BCUT2D eigenvalue weighted by atomic mass is 10.0. The van der Waals surface area contributed by atoms with Gasteiger partial charge in [-0.1, -0.05) is 88.4 Å². The first-order chi connectivity index (χ1) is 18.7. The monoisotopic (exact) mass is 630 g/mol. The van der Waals surface area contributed by atoms with Gasteiger partial charge in [0.2, 0.25) is 5.91 Å². The maximum Gasteiger partial charge on any atom is 0.261 e. The SMILES string of the molecule is Cc1cc(OCC(=O)N(Cc2c(Cl)cccc2Cl)C(Cc2ccccc2)C(=O)NC2CCCC2)cc(C)c1Br. The van der Waals surface area contributed by atoms with Crippen molar-refractivity contribution in [3.63, 3.8) is 0 Å². The van der Waals surface area contributed by atoms with E-state index in [1.165, 1.54) is 0 Å². The normalized spacial score (nSPS) is 14.2. The van der Waals surface area contributed by atoms with Gasteiger partial charge in [-0.25, -0.2) is 0 Å². The highest BCUT2D eigenvalue weighted by Crippen LogP contribution is 2.29. The number of halogens is 3. The van der Waals surface area contributed by atoms with E-state index < -0.39 is 6.04 Å². The third-order valence-electron chi connectivity index (χ3n) is 7.14. The summed E-state index contributed by atoms with van der Waals surface area (Å²) in [6.07, 6.45) is 4.42. The molecule has 39 heavy (non-hydrogen) atoms. The van der Waals surface area contributed by atoms with Crippen LogP contribution in [0.4, 0.5) is 0 Å². The van der Waals surface area contributed by atoms with Crippen molar-refractivity contribution in [2.75, 3.05) is 6.61 Å². The summed E-state index contributed by atoms with van der Waals surface area (Å²) in [5, 5.41) is 4.08. The molecule has 8 heteroatoms. The van der Waals surface area contributed by atoms with Gasteiger partial charge in [0.25, 0.3) is 5.91 Å². The van der Waals surface area contributed by atoms with Gasteiger partial charge in [-0.3, -0.25) is 9.59 Å². The van der Waals surface area contributed by atoms with E-state index in [4.69, 9.17) is 27.9 Å². The molecule has 0 aromatic heterocycles. The van der Waals surface area contributed by atoms with E-state index in [1.54, 1.807) is 23.1 Å². The molecule has 1 saturated carbocycles. The Bertz CT molecular complexity index is 1270. The van der Waals surface area contributed by atoms with E-state index in [-0.39, 0.29) is 31.0 Å². The summed E-state index contributed by atoms with van der Waals surface area (Å²) in [4.78, 5) is 29.2. The predicted octanol–water partition coefficient (Wildman–Crippen LogP) is 7.45. The molecule has 2 amide bonds. The molecule has 1 aliphatic carbocycles. The molecule has 1 unspecified atom stereocenters. The van der Waals surface area contributed by atoms with Crippen molar-refractivity contribution in [3.8, 4) is 5.75 Å². The largest absolute Gasteiger partial charge is 0.484 e. The second kappa shape index (κ2) is 13.7. The van der Waals surface area contributed by atoms with Gasteiger partial charge in [-0.05, 0) is 67.6 Å². The van der Waals surface area contributed by atoms with Crippen LogP contribution in [0.2, 0.25) is 10.0 Å². The Morgan fingerprint density at radius 2 is 1.62 bits per heavy atom. The van der Waals surface area contributed by atoms with Gasteiger partial charge in [-0.15, -0.1) is 0 Å². The lowest BCUT2D eigenvalue weighted by Crippen LogP contribution is -2.53. The van der Waals surface area contributed by atoms with Crippen molar-refractivity contribution >= 4 is 50.9 Å². The molecular weight excluding hydrogens is 599 g/mol. The standard InChI is InChI=1S/C31H33BrCl2N2O3/c1-20-15-24(16-21(2)30(20)32)39-19-29(37)36(18-25-26(33)13-8-14-27(25)34)28(17-22-9-4-3-5-10-22)31(38)35-23-11-6-7-12-23/h3-5,8-10,13-16,23,28H,6-7,11-12,17-19H2,1-2H3,(H,35,38). The van der Waals surface area contributed by atoms with Crippen molar-refractivity contribution < 1.29 is 14.3 Å². The van der Waals surface area contributed by atoms with Crippen molar-refractivity contribution in [1.82, 2.24) is 10.2 Å². The first-order valence-electron chi connectivity index (χ1n) is 13.2. The van der Waals surface area contributed by atoms with Gasteiger partial charge in [0.05, 0.1) is 0 Å². The highest BCUT2D eigenvalue weighted by Gasteiger charge is 2.33. The fraction of sp³-hybridized carbons (Fsp3) is 0.355. The molecular formula is C31H33BrCl2N2O3. The Morgan fingerprint density at radius 1 is 1.00 bits per heavy atom. The number of carbonyl (C=O) groups is 2. The van der Waals surface area contributed by atoms with E-state index >= 15 is 0 Å². The van der Waals surface area contributed by atoms with E-state index in [0.717, 1.165) is 46.8 Å². The predicted molar refractivity (Wildman–Crippen MR) is 160 cm³/mol. The van der Waals surface area contributed by atoms with Crippen LogP contribution in [-0.2, 0) is 22.6 Å². The fourth-order valence-corrected chi connectivity index (χ4v) is 5.74.